The number of carbonyl (C=O) groups excluding carboxylic acids is 1. The van der Waals surface area contributed by atoms with E-state index in [1.807, 2.05) is 0 Å². The number of carbonyl (C=O) groups is 1. The molecule has 16 heavy (non-hydrogen) atoms. The third-order valence-electron chi connectivity index (χ3n) is 2.86. The Morgan fingerprint density at radius 2 is 1.94 bits per heavy atom. The first-order chi connectivity index (χ1) is 7.77. The molecule has 1 amide bonds. The molecule has 0 N–H and O–H groups in total. The number of amides is 1. The van der Waals surface area contributed by atoms with Crippen molar-refractivity contribution in [2.75, 3.05) is 53.0 Å². The summed E-state index contributed by atoms with van der Waals surface area (Å²) in [6.07, 6.45) is 1.18. The predicted octanol–water partition coefficient (Wildman–Crippen LogP) is -0.0123. The van der Waals surface area contributed by atoms with Gasteiger partial charge in [0.2, 0.25) is 5.91 Å². The number of methoxy groups -OCH3 is 1. The first kappa shape index (κ1) is 13.4. The first-order valence-corrected chi connectivity index (χ1v) is 5.85. The lowest BCUT2D eigenvalue weighted by molar-refractivity contribution is -0.134. The maximum Gasteiger partial charge on any atom is 0.225 e. The maximum absolute atomic E-state index is 11.5. The van der Waals surface area contributed by atoms with Gasteiger partial charge in [0.15, 0.2) is 0 Å². The van der Waals surface area contributed by atoms with Gasteiger partial charge < -0.3 is 9.64 Å². The number of piperazine rings is 1. The van der Waals surface area contributed by atoms with Crippen LogP contribution in [0, 0.1) is 0 Å². The molecule has 0 bridgehead atoms. The first-order valence-electron chi connectivity index (χ1n) is 5.85. The van der Waals surface area contributed by atoms with Crippen LogP contribution in [-0.4, -0.2) is 68.8 Å². The Kier molecular flexibility index (Phi) is 6.37. The van der Waals surface area contributed by atoms with Crippen molar-refractivity contribution >= 4 is 5.91 Å². The average Bonchev–Trinajstić information content (AvgIpc) is 2.30. The van der Waals surface area contributed by atoms with E-state index >= 15 is 0 Å². The summed E-state index contributed by atoms with van der Waals surface area (Å²) >= 11 is 0. The summed E-state index contributed by atoms with van der Waals surface area (Å²) in [5.41, 5.74) is 0. The molecule has 0 aromatic rings. The summed E-state index contributed by atoms with van der Waals surface area (Å²) < 4.78 is 5.00. The van der Waals surface area contributed by atoms with Crippen molar-refractivity contribution in [2.45, 2.75) is 12.8 Å². The molecule has 0 aliphatic carbocycles. The Morgan fingerprint density at radius 1 is 1.25 bits per heavy atom. The third kappa shape index (κ3) is 4.47. The molecule has 0 atom stereocenters. The molecule has 0 aromatic carbocycles. The van der Waals surface area contributed by atoms with Crippen LogP contribution in [0.5, 0.6) is 0 Å². The van der Waals surface area contributed by atoms with Gasteiger partial charge >= 0.3 is 0 Å². The quantitative estimate of drug-likeness (QED) is 0.602. The normalized spacial score (nSPS) is 17.8. The molecule has 5 heteroatoms. The fraction of sp³-hybridized carbons (Fsp3) is 0.909. The van der Waals surface area contributed by atoms with Gasteiger partial charge in [-0.2, -0.15) is 0 Å². The molecule has 0 unspecified atom stereocenters. The lowest BCUT2D eigenvalue weighted by atomic mass is 10.2. The van der Waals surface area contributed by atoms with Crippen LogP contribution >= 0.6 is 0 Å². The number of nitrogens with zero attached hydrogens (tertiary/aromatic N) is 2. The molecule has 1 saturated heterocycles. The summed E-state index contributed by atoms with van der Waals surface area (Å²) in [4.78, 5) is 15.6. The van der Waals surface area contributed by atoms with Gasteiger partial charge in [-0.05, 0) is 6.42 Å². The second kappa shape index (κ2) is 7.60. The SMILES string of the molecule is COCCCN1CCN(C(=O)CC[O])CC1. The van der Waals surface area contributed by atoms with Gasteiger partial charge in [-0.25, -0.2) is 5.11 Å². The molecule has 0 spiro atoms. The summed E-state index contributed by atoms with van der Waals surface area (Å²) in [7, 11) is 1.71. The highest BCUT2D eigenvalue weighted by molar-refractivity contribution is 5.76. The molecule has 1 aliphatic heterocycles. The molecule has 0 aromatic heterocycles. The van der Waals surface area contributed by atoms with Gasteiger partial charge in [-0.15, -0.1) is 0 Å². The Hall–Kier alpha value is -0.650. The molecule has 1 radical (unpaired) electrons. The van der Waals surface area contributed by atoms with Gasteiger partial charge in [0.05, 0.1) is 13.0 Å². The van der Waals surface area contributed by atoms with Gasteiger partial charge in [-0.1, -0.05) is 0 Å². The van der Waals surface area contributed by atoms with E-state index < -0.39 is 0 Å². The van der Waals surface area contributed by atoms with Crippen LogP contribution in [0.2, 0.25) is 0 Å². The molecule has 0 saturated carbocycles. The Balaban J connectivity index is 2.15. The van der Waals surface area contributed by atoms with Crippen LogP contribution in [0.25, 0.3) is 0 Å². The monoisotopic (exact) mass is 229 g/mol. The highest BCUT2D eigenvalue weighted by Gasteiger charge is 2.19. The summed E-state index contributed by atoms with van der Waals surface area (Å²) in [5, 5.41) is 10.3. The summed E-state index contributed by atoms with van der Waals surface area (Å²) in [6.45, 7) is 4.85. The van der Waals surface area contributed by atoms with Crippen LogP contribution in [0.15, 0.2) is 0 Å². The Morgan fingerprint density at radius 3 is 2.50 bits per heavy atom. The number of rotatable bonds is 6. The minimum absolute atomic E-state index is 0.00606. The number of hydrogen-bond acceptors (Lipinski definition) is 3. The zero-order valence-corrected chi connectivity index (χ0v) is 9.98. The van der Waals surface area contributed by atoms with Crippen molar-refractivity contribution in [3.63, 3.8) is 0 Å². The summed E-state index contributed by atoms with van der Waals surface area (Å²) in [5.74, 6) is 0.00606. The van der Waals surface area contributed by atoms with E-state index in [9.17, 15) is 9.90 Å². The molecule has 5 nitrogen and oxygen atoms in total. The maximum atomic E-state index is 11.5. The van der Waals surface area contributed by atoms with E-state index in [-0.39, 0.29) is 18.9 Å². The molecule has 1 rings (SSSR count). The van der Waals surface area contributed by atoms with Crippen LogP contribution in [0.3, 0.4) is 0 Å². The Labute approximate surface area is 97.0 Å². The van der Waals surface area contributed by atoms with E-state index in [1.54, 1.807) is 12.0 Å². The van der Waals surface area contributed by atoms with Crippen LogP contribution in [0.4, 0.5) is 0 Å². The topological polar surface area (TPSA) is 52.7 Å². The van der Waals surface area contributed by atoms with Crippen molar-refractivity contribution < 1.29 is 14.6 Å². The van der Waals surface area contributed by atoms with E-state index in [0.717, 1.165) is 45.8 Å². The standard InChI is InChI=1S/C11H21N2O3/c1-16-10-2-4-12-5-7-13(8-6-12)11(15)3-9-14/h2-10H2,1H3. The highest BCUT2D eigenvalue weighted by atomic mass is 16.5. The molecule has 93 valence electrons. The molecule has 1 heterocycles. The second-order valence-electron chi connectivity index (χ2n) is 4.02. The summed E-state index contributed by atoms with van der Waals surface area (Å²) in [6, 6.07) is 0. The number of ether oxygens (including phenoxy) is 1. The largest absolute Gasteiger partial charge is 0.385 e. The van der Waals surface area contributed by atoms with Gasteiger partial charge in [-0.3, -0.25) is 9.69 Å². The minimum atomic E-state index is -0.299. The van der Waals surface area contributed by atoms with Crippen molar-refractivity contribution in [1.29, 1.82) is 0 Å². The smallest absolute Gasteiger partial charge is 0.225 e. The predicted molar refractivity (Wildman–Crippen MR) is 59.7 cm³/mol. The van der Waals surface area contributed by atoms with E-state index in [0.29, 0.717) is 0 Å². The third-order valence-corrected chi connectivity index (χ3v) is 2.86. The van der Waals surface area contributed by atoms with Crippen molar-refractivity contribution in [2.24, 2.45) is 0 Å². The van der Waals surface area contributed by atoms with Crippen molar-refractivity contribution in [3.05, 3.63) is 0 Å². The van der Waals surface area contributed by atoms with E-state index in [4.69, 9.17) is 4.74 Å². The minimum Gasteiger partial charge on any atom is -0.385 e. The van der Waals surface area contributed by atoms with Gasteiger partial charge in [0, 0.05) is 46.4 Å². The average molecular weight is 229 g/mol. The zero-order chi connectivity index (χ0) is 11.8. The fourth-order valence-corrected chi connectivity index (χ4v) is 1.90. The van der Waals surface area contributed by atoms with Crippen LogP contribution in [-0.2, 0) is 14.6 Å². The lowest BCUT2D eigenvalue weighted by Gasteiger charge is -2.34. The van der Waals surface area contributed by atoms with Crippen LogP contribution < -0.4 is 0 Å². The second-order valence-corrected chi connectivity index (χ2v) is 4.02. The van der Waals surface area contributed by atoms with Crippen molar-refractivity contribution in [3.8, 4) is 0 Å². The fourth-order valence-electron chi connectivity index (χ4n) is 1.90. The molecule has 1 fully saturated rings. The zero-order valence-electron chi connectivity index (χ0n) is 9.98. The number of hydrogen-bond donors (Lipinski definition) is 0. The van der Waals surface area contributed by atoms with E-state index in [1.165, 1.54) is 0 Å². The van der Waals surface area contributed by atoms with Crippen molar-refractivity contribution in [1.82, 2.24) is 9.80 Å². The van der Waals surface area contributed by atoms with Gasteiger partial charge in [0.25, 0.3) is 0 Å². The van der Waals surface area contributed by atoms with Crippen LogP contribution in [0.1, 0.15) is 12.8 Å². The molecular formula is C11H21N2O3. The molecular weight excluding hydrogens is 208 g/mol. The highest BCUT2D eigenvalue weighted by Crippen LogP contribution is 2.04. The van der Waals surface area contributed by atoms with E-state index in [2.05, 4.69) is 4.90 Å². The lowest BCUT2D eigenvalue weighted by Crippen LogP contribution is -2.49. The van der Waals surface area contributed by atoms with Gasteiger partial charge in [0.1, 0.15) is 0 Å². The Bertz CT molecular complexity index is 203. The molecule has 1 aliphatic rings.